The molecular weight excluding hydrogens is 488 g/mol. The Labute approximate surface area is 205 Å². The molecule has 0 saturated heterocycles. The summed E-state index contributed by atoms with van der Waals surface area (Å²) in [6.07, 6.45) is 0. The van der Waals surface area contributed by atoms with Crippen LogP contribution in [-0.4, -0.2) is 35.2 Å². The molecule has 0 saturated carbocycles. The highest BCUT2D eigenvalue weighted by Gasteiger charge is 2.21. The summed E-state index contributed by atoms with van der Waals surface area (Å²) in [5.41, 5.74) is 1.81. The molecule has 4 aromatic rings. The van der Waals surface area contributed by atoms with Gasteiger partial charge < -0.3 is 4.57 Å². The monoisotopic (exact) mass is 510 g/mol. The van der Waals surface area contributed by atoms with Crippen molar-refractivity contribution in [1.82, 2.24) is 8.87 Å². The van der Waals surface area contributed by atoms with Gasteiger partial charge in [0, 0.05) is 37.8 Å². The average Bonchev–Trinajstić information content (AvgIpc) is 3.20. The fourth-order valence-corrected chi connectivity index (χ4v) is 5.88. The van der Waals surface area contributed by atoms with Crippen molar-refractivity contribution < 1.29 is 18.1 Å². The molecule has 1 heterocycles. The molecule has 180 valence electrons. The van der Waals surface area contributed by atoms with Gasteiger partial charge in [-0.15, -0.1) is 0 Å². The van der Waals surface area contributed by atoms with Gasteiger partial charge >= 0.3 is 0 Å². The molecule has 3 aromatic carbocycles. The van der Waals surface area contributed by atoms with Crippen molar-refractivity contribution in [3.05, 3.63) is 98.8 Å². The molecule has 0 unspecified atom stereocenters. The molecule has 1 aromatic heterocycles. The lowest BCUT2D eigenvalue weighted by Crippen LogP contribution is -2.26. The van der Waals surface area contributed by atoms with Gasteiger partial charge in [-0.3, -0.25) is 14.9 Å². The number of carbonyl (C=O) groups excluding carboxylic acids is 1. The van der Waals surface area contributed by atoms with E-state index in [1.807, 2.05) is 37.3 Å². The Kier molecular flexibility index (Phi) is 6.92. The Balaban J connectivity index is 1.60. The van der Waals surface area contributed by atoms with Crippen LogP contribution in [0.25, 0.3) is 10.2 Å². The van der Waals surface area contributed by atoms with Crippen LogP contribution in [0.5, 0.6) is 0 Å². The normalized spacial score (nSPS) is 12.4. The number of fused-ring (bicyclic) bond motifs is 1. The topological polar surface area (TPSA) is 115 Å². The number of carbonyl (C=O) groups is 1. The Hall–Kier alpha value is -3.67. The van der Waals surface area contributed by atoms with Gasteiger partial charge in [-0.2, -0.15) is 9.30 Å². The zero-order valence-electron chi connectivity index (χ0n) is 19.0. The standard InChI is InChI=1S/C24H22N4O5S2/c1-3-27-21-14-11-19(28(30)31)15-22(21)34-24(27)25-23(29)18-9-12-20(13-10-18)35(32,33)26(2)16-17-7-5-4-6-8-17/h4-15H,3,16H2,1-2H3. The van der Waals surface area contributed by atoms with Gasteiger partial charge in [0.05, 0.1) is 20.0 Å². The van der Waals surface area contributed by atoms with Crippen LogP contribution >= 0.6 is 11.3 Å². The van der Waals surface area contributed by atoms with Crippen LogP contribution in [0.1, 0.15) is 22.8 Å². The highest BCUT2D eigenvalue weighted by atomic mass is 32.2. The summed E-state index contributed by atoms with van der Waals surface area (Å²) in [6.45, 7) is 2.64. The number of non-ortho nitro benzene ring substituents is 1. The number of nitro benzene ring substituents is 1. The highest BCUT2D eigenvalue weighted by molar-refractivity contribution is 7.89. The quantitative estimate of drug-likeness (QED) is 0.273. The number of aromatic nitrogens is 1. The van der Waals surface area contributed by atoms with Crippen molar-refractivity contribution in [3.63, 3.8) is 0 Å². The Morgan fingerprint density at radius 2 is 1.77 bits per heavy atom. The number of sulfonamides is 1. The molecule has 0 fully saturated rings. The molecule has 35 heavy (non-hydrogen) atoms. The average molecular weight is 511 g/mol. The summed E-state index contributed by atoms with van der Waals surface area (Å²) < 4.78 is 29.6. The fourth-order valence-electron chi connectivity index (χ4n) is 3.59. The van der Waals surface area contributed by atoms with Crippen molar-refractivity contribution in [3.8, 4) is 0 Å². The Bertz CT molecular complexity index is 1570. The first-order valence-corrected chi connectivity index (χ1v) is 12.9. The van der Waals surface area contributed by atoms with Gasteiger partial charge in [-0.1, -0.05) is 41.7 Å². The number of nitrogens with zero attached hydrogens (tertiary/aromatic N) is 4. The van der Waals surface area contributed by atoms with E-state index in [0.717, 1.165) is 11.1 Å². The zero-order valence-corrected chi connectivity index (χ0v) is 20.6. The second-order valence-electron chi connectivity index (χ2n) is 7.73. The molecule has 0 spiro atoms. The number of benzene rings is 3. The zero-order chi connectivity index (χ0) is 25.2. The predicted molar refractivity (Wildman–Crippen MR) is 134 cm³/mol. The smallest absolute Gasteiger partial charge is 0.279 e. The van der Waals surface area contributed by atoms with Gasteiger partial charge in [0.15, 0.2) is 4.80 Å². The molecular formula is C24H22N4O5S2. The second kappa shape index (κ2) is 9.90. The number of hydrogen-bond acceptors (Lipinski definition) is 6. The highest BCUT2D eigenvalue weighted by Crippen LogP contribution is 2.23. The largest absolute Gasteiger partial charge is 0.317 e. The number of hydrogen-bond donors (Lipinski definition) is 0. The molecule has 4 rings (SSSR count). The molecule has 0 aliphatic carbocycles. The van der Waals surface area contributed by atoms with E-state index >= 15 is 0 Å². The molecule has 0 N–H and O–H groups in total. The summed E-state index contributed by atoms with van der Waals surface area (Å²) in [7, 11) is -2.24. The molecule has 1 amide bonds. The van der Waals surface area contributed by atoms with E-state index in [9.17, 15) is 23.3 Å². The molecule has 0 aliphatic heterocycles. The third kappa shape index (κ3) is 5.06. The van der Waals surface area contributed by atoms with Gasteiger partial charge in [0.2, 0.25) is 10.0 Å². The van der Waals surface area contributed by atoms with Crippen molar-refractivity contribution in [1.29, 1.82) is 0 Å². The van der Waals surface area contributed by atoms with Crippen LogP contribution in [-0.2, 0) is 23.1 Å². The van der Waals surface area contributed by atoms with Crippen LogP contribution in [0.15, 0.2) is 82.7 Å². The van der Waals surface area contributed by atoms with Crippen LogP contribution in [0, 0.1) is 10.1 Å². The molecule has 11 heteroatoms. The van der Waals surface area contributed by atoms with Crippen LogP contribution < -0.4 is 4.80 Å². The first kappa shape index (κ1) is 24.5. The van der Waals surface area contributed by atoms with Crippen LogP contribution in [0.4, 0.5) is 5.69 Å². The number of thiazole rings is 1. The third-order valence-corrected chi connectivity index (χ3v) is 8.31. The number of aryl methyl sites for hydroxylation is 1. The van der Waals surface area contributed by atoms with Crippen LogP contribution in [0.3, 0.4) is 0 Å². The maximum absolute atomic E-state index is 12.9. The first-order valence-electron chi connectivity index (χ1n) is 10.7. The predicted octanol–water partition coefficient (Wildman–Crippen LogP) is 4.19. The second-order valence-corrected chi connectivity index (χ2v) is 10.8. The van der Waals surface area contributed by atoms with Gasteiger partial charge in [-0.25, -0.2) is 8.42 Å². The summed E-state index contributed by atoms with van der Waals surface area (Å²) in [5.74, 6) is -0.533. The van der Waals surface area contributed by atoms with Crippen molar-refractivity contribution in [2.75, 3.05) is 7.05 Å². The summed E-state index contributed by atoms with van der Waals surface area (Å²) in [4.78, 5) is 28.1. The van der Waals surface area contributed by atoms with Crippen LogP contribution in [0.2, 0.25) is 0 Å². The number of rotatable bonds is 7. The van der Waals surface area contributed by atoms with E-state index in [1.165, 1.54) is 59.1 Å². The van der Waals surface area contributed by atoms with Crippen molar-refractivity contribution in [2.45, 2.75) is 24.9 Å². The van der Waals surface area contributed by atoms with E-state index in [-0.39, 0.29) is 22.7 Å². The Morgan fingerprint density at radius 1 is 1.09 bits per heavy atom. The molecule has 0 aliphatic rings. The van der Waals surface area contributed by atoms with E-state index in [0.29, 0.717) is 16.0 Å². The fraction of sp³-hybridized carbons (Fsp3) is 0.167. The first-order chi connectivity index (χ1) is 16.7. The lowest BCUT2D eigenvalue weighted by molar-refractivity contribution is -0.384. The van der Waals surface area contributed by atoms with E-state index in [4.69, 9.17) is 0 Å². The van der Waals surface area contributed by atoms with Gasteiger partial charge in [0.1, 0.15) is 0 Å². The maximum Gasteiger partial charge on any atom is 0.279 e. The SMILES string of the molecule is CCn1c(=NC(=O)c2ccc(S(=O)(=O)N(C)Cc3ccccc3)cc2)sc2cc([N+](=O)[O-])ccc21. The molecule has 0 radical (unpaired) electrons. The van der Waals surface area contributed by atoms with Gasteiger partial charge in [0.25, 0.3) is 11.6 Å². The Morgan fingerprint density at radius 3 is 2.40 bits per heavy atom. The lowest BCUT2D eigenvalue weighted by atomic mass is 10.2. The van der Waals surface area contributed by atoms with Gasteiger partial charge in [-0.05, 0) is 42.8 Å². The lowest BCUT2D eigenvalue weighted by Gasteiger charge is -2.17. The van der Waals surface area contributed by atoms with E-state index in [2.05, 4.69) is 4.99 Å². The molecule has 0 atom stereocenters. The van der Waals surface area contributed by atoms with E-state index < -0.39 is 20.9 Å². The molecule has 9 nitrogen and oxygen atoms in total. The summed E-state index contributed by atoms with van der Waals surface area (Å²) in [6, 6.07) is 19.4. The minimum Gasteiger partial charge on any atom is -0.317 e. The minimum absolute atomic E-state index is 0.0334. The van der Waals surface area contributed by atoms with Crippen molar-refractivity contribution >= 4 is 43.2 Å². The number of nitro groups is 1. The van der Waals surface area contributed by atoms with E-state index in [1.54, 1.807) is 10.6 Å². The molecule has 0 bridgehead atoms. The van der Waals surface area contributed by atoms with Crippen molar-refractivity contribution in [2.24, 2.45) is 4.99 Å². The summed E-state index contributed by atoms with van der Waals surface area (Å²) in [5, 5.41) is 11.1. The maximum atomic E-state index is 12.9. The third-order valence-electron chi connectivity index (χ3n) is 5.45. The minimum atomic E-state index is -3.74. The number of amides is 1. The summed E-state index contributed by atoms with van der Waals surface area (Å²) >= 11 is 1.18.